The van der Waals surface area contributed by atoms with E-state index in [9.17, 15) is 30.0 Å². The Balaban J connectivity index is 1.85. The molecule has 144 valence electrons. The van der Waals surface area contributed by atoms with Crippen molar-refractivity contribution in [1.82, 2.24) is 4.90 Å². The maximum Gasteiger partial charge on any atom is 0.534 e. The van der Waals surface area contributed by atoms with Gasteiger partial charge >= 0.3 is 15.6 Å². The zero-order valence-corrected chi connectivity index (χ0v) is 14.9. The highest BCUT2D eigenvalue weighted by Crippen LogP contribution is 2.33. The summed E-state index contributed by atoms with van der Waals surface area (Å²) in [7, 11) is -9.26. The van der Waals surface area contributed by atoms with Crippen molar-refractivity contribution in [2.45, 2.75) is 24.3 Å². The van der Waals surface area contributed by atoms with Crippen molar-refractivity contribution in [2.24, 2.45) is 4.40 Å². The number of fused-ring (bicyclic) bond motifs is 1. The van der Waals surface area contributed by atoms with Crippen LogP contribution in [0.2, 0.25) is 0 Å². The van der Waals surface area contributed by atoms with Gasteiger partial charge in [-0.05, 0) is 30.5 Å². The van der Waals surface area contributed by atoms with Crippen molar-refractivity contribution in [3.63, 3.8) is 0 Å². The summed E-state index contributed by atoms with van der Waals surface area (Å²) >= 11 is 0. The van der Waals surface area contributed by atoms with E-state index in [1.165, 1.54) is 12.1 Å². The molecule has 0 bridgehead atoms. The van der Waals surface area contributed by atoms with E-state index in [-0.39, 0.29) is 11.7 Å². The molecule has 1 aromatic rings. The number of halogens is 3. The molecule has 0 aliphatic carbocycles. The summed E-state index contributed by atoms with van der Waals surface area (Å²) < 4.78 is 90.6. The van der Waals surface area contributed by atoms with Gasteiger partial charge in [0.25, 0.3) is 10.0 Å². The normalized spacial score (nSPS) is 23.1. The van der Waals surface area contributed by atoms with Crippen LogP contribution in [-0.4, -0.2) is 51.9 Å². The molecule has 0 spiro atoms. The summed E-state index contributed by atoms with van der Waals surface area (Å²) in [5.41, 5.74) is -4.89. The molecule has 3 rings (SSSR count). The molecule has 1 atom stereocenters. The summed E-state index contributed by atoms with van der Waals surface area (Å²) in [6.07, 6.45) is 1.44. The summed E-state index contributed by atoms with van der Waals surface area (Å²) in [6.45, 7) is 1.04. The average molecular weight is 412 g/mol. The summed E-state index contributed by atoms with van der Waals surface area (Å²) in [5.74, 6) is -0.436. The van der Waals surface area contributed by atoms with Crippen molar-refractivity contribution in [1.29, 1.82) is 0 Å². The van der Waals surface area contributed by atoms with E-state index in [0.29, 0.717) is 30.9 Å². The van der Waals surface area contributed by atoms with E-state index in [1.807, 2.05) is 4.90 Å². The second-order valence-corrected chi connectivity index (χ2v) is 9.26. The lowest BCUT2D eigenvalue weighted by atomic mass is 9.89. The minimum atomic E-state index is -5.73. The predicted octanol–water partition coefficient (Wildman–Crippen LogP) is 1.84. The van der Waals surface area contributed by atoms with E-state index in [2.05, 4.69) is 8.58 Å². The predicted molar refractivity (Wildman–Crippen MR) is 86.8 cm³/mol. The van der Waals surface area contributed by atoms with Gasteiger partial charge in [0.2, 0.25) is 0 Å². The number of piperidine rings is 1. The zero-order valence-electron chi connectivity index (χ0n) is 13.3. The zero-order chi connectivity index (χ0) is 19.2. The van der Waals surface area contributed by atoms with Gasteiger partial charge in [-0.2, -0.15) is 21.6 Å². The van der Waals surface area contributed by atoms with Gasteiger partial charge in [0.1, 0.15) is 11.6 Å². The molecule has 0 N–H and O–H groups in total. The summed E-state index contributed by atoms with van der Waals surface area (Å²) in [5, 5.41) is 0. The number of hydrogen-bond donors (Lipinski definition) is 0. The van der Waals surface area contributed by atoms with Crippen LogP contribution in [0.15, 0.2) is 28.7 Å². The lowest BCUT2D eigenvalue weighted by molar-refractivity contribution is -0.0500. The van der Waals surface area contributed by atoms with Gasteiger partial charge in [-0.15, -0.1) is 4.40 Å². The number of amidine groups is 1. The second kappa shape index (κ2) is 6.41. The first-order chi connectivity index (χ1) is 12.0. The summed E-state index contributed by atoms with van der Waals surface area (Å²) in [6, 6.07) is 5.04. The molecule has 0 radical (unpaired) electrons. The van der Waals surface area contributed by atoms with Crippen LogP contribution >= 0.6 is 0 Å². The highest BCUT2D eigenvalue weighted by Gasteiger charge is 2.48. The maximum absolute atomic E-state index is 12.4. The molecule has 2 heterocycles. The largest absolute Gasteiger partial charge is 0.534 e. The molecule has 1 saturated heterocycles. The van der Waals surface area contributed by atoms with Gasteiger partial charge in [-0.1, -0.05) is 12.1 Å². The Kier molecular flexibility index (Phi) is 4.67. The molecule has 0 amide bonds. The van der Waals surface area contributed by atoms with Crippen molar-refractivity contribution < 1.29 is 34.2 Å². The third kappa shape index (κ3) is 3.80. The van der Waals surface area contributed by atoms with Crippen molar-refractivity contribution in [3.8, 4) is 5.75 Å². The molecular formula is C14H15F3N2O5S2. The van der Waals surface area contributed by atoms with Gasteiger partial charge in [-0.25, -0.2) is 8.42 Å². The fraction of sp³-hybridized carbons (Fsp3) is 0.500. The fourth-order valence-corrected chi connectivity index (χ4v) is 4.49. The van der Waals surface area contributed by atoms with Crippen LogP contribution in [0.25, 0.3) is 0 Å². The smallest absolute Gasteiger partial charge is 0.376 e. The standard InChI is InChI=1S/C14H15F3N2O5S2/c15-14(16,17)26(22,23)24-11-5-3-10(4-6-11)12-2-1-7-19-8-9-25(20,21)18-13(12)19/h3-6,12H,1-2,7-9H2. The van der Waals surface area contributed by atoms with Gasteiger partial charge in [0, 0.05) is 19.0 Å². The monoisotopic (exact) mass is 412 g/mol. The third-order valence-corrected chi connectivity index (χ3v) is 6.32. The van der Waals surface area contributed by atoms with Crippen LogP contribution in [0.4, 0.5) is 13.2 Å². The van der Waals surface area contributed by atoms with Gasteiger partial charge in [-0.3, -0.25) is 0 Å². The summed E-state index contributed by atoms with van der Waals surface area (Å²) in [4.78, 5) is 1.88. The van der Waals surface area contributed by atoms with Crippen LogP contribution in [0.5, 0.6) is 5.75 Å². The Hall–Kier alpha value is -1.82. The molecule has 0 saturated carbocycles. The van der Waals surface area contributed by atoms with Crippen LogP contribution < -0.4 is 4.18 Å². The van der Waals surface area contributed by atoms with E-state index in [4.69, 9.17) is 0 Å². The van der Waals surface area contributed by atoms with Crippen molar-refractivity contribution >= 4 is 26.0 Å². The first-order valence-corrected chi connectivity index (χ1v) is 10.7. The molecule has 0 aromatic heterocycles. The van der Waals surface area contributed by atoms with Crippen LogP contribution in [-0.2, 0) is 20.1 Å². The quantitative estimate of drug-likeness (QED) is 0.556. The van der Waals surface area contributed by atoms with Crippen LogP contribution in [0.1, 0.15) is 24.3 Å². The maximum atomic E-state index is 12.4. The number of benzene rings is 1. The molecule has 12 heteroatoms. The Bertz CT molecular complexity index is 924. The Morgan fingerprint density at radius 1 is 1.15 bits per heavy atom. The Morgan fingerprint density at radius 3 is 2.42 bits per heavy atom. The Morgan fingerprint density at radius 2 is 1.81 bits per heavy atom. The van der Waals surface area contributed by atoms with Gasteiger partial charge < -0.3 is 9.08 Å². The number of hydrogen-bond acceptors (Lipinski definition) is 6. The first kappa shape index (κ1) is 19.0. The minimum Gasteiger partial charge on any atom is -0.376 e. The average Bonchev–Trinajstić information content (AvgIpc) is 2.53. The number of alkyl halides is 3. The van der Waals surface area contributed by atoms with Gasteiger partial charge in [0.05, 0.1) is 5.75 Å². The number of rotatable bonds is 3. The van der Waals surface area contributed by atoms with Gasteiger partial charge in [0.15, 0.2) is 0 Å². The van der Waals surface area contributed by atoms with E-state index in [0.717, 1.165) is 18.6 Å². The van der Waals surface area contributed by atoms with Crippen molar-refractivity contribution in [3.05, 3.63) is 29.8 Å². The molecule has 1 unspecified atom stereocenters. The minimum absolute atomic E-state index is 0.0503. The van der Waals surface area contributed by atoms with Crippen molar-refractivity contribution in [2.75, 3.05) is 18.8 Å². The third-order valence-electron chi connectivity index (χ3n) is 4.18. The van der Waals surface area contributed by atoms with Crippen LogP contribution in [0, 0.1) is 0 Å². The fourth-order valence-electron chi connectivity index (χ4n) is 2.96. The molecule has 2 aliphatic rings. The molecule has 7 nitrogen and oxygen atoms in total. The first-order valence-electron chi connectivity index (χ1n) is 7.67. The SMILES string of the molecule is O=S1(=O)CCN2CCCC(c3ccc(OS(=O)(=O)C(F)(F)F)cc3)C2=N1. The Labute approximate surface area is 148 Å². The second-order valence-electron chi connectivity index (χ2n) is 5.97. The molecule has 2 aliphatic heterocycles. The lowest BCUT2D eigenvalue weighted by Gasteiger charge is -2.37. The number of sulfonamides is 1. The van der Waals surface area contributed by atoms with E-state index in [1.54, 1.807) is 0 Å². The van der Waals surface area contributed by atoms with E-state index >= 15 is 0 Å². The van der Waals surface area contributed by atoms with Crippen LogP contribution in [0.3, 0.4) is 0 Å². The molecular weight excluding hydrogens is 397 g/mol. The molecule has 1 fully saturated rings. The van der Waals surface area contributed by atoms with E-state index < -0.39 is 31.4 Å². The molecule has 1 aromatic carbocycles. The topological polar surface area (TPSA) is 93.1 Å². The number of nitrogens with zero attached hydrogens (tertiary/aromatic N) is 2. The molecule has 26 heavy (non-hydrogen) atoms. The lowest BCUT2D eigenvalue weighted by Crippen LogP contribution is -2.46. The highest BCUT2D eigenvalue weighted by molar-refractivity contribution is 7.90. The highest BCUT2D eigenvalue weighted by atomic mass is 32.2.